The first-order chi connectivity index (χ1) is 13.9. The van der Waals surface area contributed by atoms with Gasteiger partial charge in [-0.05, 0) is 35.9 Å². The van der Waals surface area contributed by atoms with Crippen LogP contribution in [-0.4, -0.2) is 30.0 Å². The summed E-state index contributed by atoms with van der Waals surface area (Å²) in [5.74, 6) is -0.795. The van der Waals surface area contributed by atoms with Gasteiger partial charge in [0.05, 0.1) is 4.92 Å². The molecule has 0 aliphatic heterocycles. The van der Waals surface area contributed by atoms with Crippen molar-refractivity contribution in [2.24, 2.45) is 0 Å². The number of amides is 1. The number of anilines is 1. The van der Waals surface area contributed by atoms with Gasteiger partial charge in [0.2, 0.25) is 0 Å². The number of carbonyl (C=O) groups excluding carboxylic acids is 2. The van der Waals surface area contributed by atoms with Crippen LogP contribution in [0.25, 0.3) is 6.08 Å². The number of hydrogen-bond donors (Lipinski definition) is 1. The van der Waals surface area contributed by atoms with E-state index in [1.165, 1.54) is 18.2 Å². The van der Waals surface area contributed by atoms with Crippen molar-refractivity contribution in [2.75, 3.05) is 18.5 Å². The Morgan fingerprint density at radius 2 is 1.93 bits per heavy atom. The van der Waals surface area contributed by atoms with Crippen molar-refractivity contribution in [2.45, 2.75) is 0 Å². The predicted octanol–water partition coefficient (Wildman–Crippen LogP) is 4.01. The summed E-state index contributed by atoms with van der Waals surface area (Å²) >= 11 is 5.71. The number of halogens is 1. The Morgan fingerprint density at radius 3 is 2.59 bits per heavy atom. The first-order valence-corrected chi connectivity index (χ1v) is 8.69. The van der Waals surface area contributed by atoms with Crippen LogP contribution in [-0.2, 0) is 14.3 Å². The summed E-state index contributed by atoms with van der Waals surface area (Å²) in [4.78, 5) is 34.0. The largest absolute Gasteiger partial charge is 0.490 e. The lowest BCUT2D eigenvalue weighted by atomic mass is 10.2. The zero-order valence-electron chi connectivity index (χ0n) is 15.2. The second-order valence-electron chi connectivity index (χ2n) is 5.58. The molecule has 2 rings (SSSR count). The van der Waals surface area contributed by atoms with E-state index in [1.807, 2.05) is 0 Å². The molecule has 0 bridgehead atoms. The fourth-order valence-corrected chi connectivity index (χ4v) is 2.29. The number of esters is 1. The van der Waals surface area contributed by atoms with Crippen LogP contribution in [0.5, 0.6) is 5.75 Å². The predicted molar refractivity (Wildman–Crippen MR) is 109 cm³/mol. The lowest BCUT2D eigenvalue weighted by Crippen LogP contribution is -2.20. The normalized spacial score (nSPS) is 10.4. The number of benzene rings is 2. The minimum atomic E-state index is -0.738. The number of nitrogens with one attached hydrogen (secondary N) is 1. The first kappa shape index (κ1) is 21.6. The Bertz CT molecular complexity index is 940. The number of carbonyl (C=O) groups is 2. The molecule has 0 fully saturated rings. The fourth-order valence-electron chi connectivity index (χ4n) is 2.13. The molecule has 0 aromatic heterocycles. The molecule has 0 saturated carbocycles. The molecule has 9 heteroatoms. The molecule has 0 aliphatic rings. The van der Waals surface area contributed by atoms with Gasteiger partial charge in [0.15, 0.2) is 6.61 Å². The molecule has 0 atom stereocenters. The average Bonchev–Trinajstić information content (AvgIpc) is 2.71. The maximum Gasteiger partial charge on any atom is 0.331 e. The Balaban J connectivity index is 1.86. The summed E-state index contributed by atoms with van der Waals surface area (Å²) in [7, 11) is 0. The summed E-state index contributed by atoms with van der Waals surface area (Å²) in [6.45, 7) is 3.35. The van der Waals surface area contributed by atoms with Crippen molar-refractivity contribution >= 4 is 40.9 Å². The SMILES string of the molecule is C=CCOc1ccc(C=CC(=O)OCC(=O)Nc2ccc(Cl)cc2[N+](=O)[O-])cc1. The molecule has 2 aromatic carbocycles. The smallest absolute Gasteiger partial charge is 0.331 e. The van der Waals surface area contributed by atoms with Gasteiger partial charge in [0.1, 0.15) is 18.0 Å². The van der Waals surface area contributed by atoms with Crippen LogP contribution in [0.4, 0.5) is 11.4 Å². The highest BCUT2D eigenvalue weighted by Crippen LogP contribution is 2.27. The number of ether oxygens (including phenoxy) is 2. The molecule has 0 aliphatic carbocycles. The summed E-state index contributed by atoms with van der Waals surface area (Å²) in [6, 6.07) is 10.8. The first-order valence-electron chi connectivity index (χ1n) is 8.31. The number of nitrogens with zero attached hydrogens (tertiary/aromatic N) is 1. The minimum absolute atomic E-state index is 0.0465. The van der Waals surface area contributed by atoms with Crippen LogP contribution in [0, 0.1) is 10.1 Å². The lowest BCUT2D eigenvalue weighted by Gasteiger charge is -2.06. The summed E-state index contributed by atoms with van der Waals surface area (Å²) in [5, 5.41) is 13.5. The monoisotopic (exact) mass is 416 g/mol. The van der Waals surface area contributed by atoms with Gasteiger partial charge in [-0.1, -0.05) is 36.4 Å². The highest BCUT2D eigenvalue weighted by molar-refractivity contribution is 6.31. The van der Waals surface area contributed by atoms with Gasteiger partial charge in [-0.25, -0.2) is 4.79 Å². The zero-order valence-corrected chi connectivity index (χ0v) is 15.9. The summed E-state index contributed by atoms with van der Waals surface area (Å²) in [6.07, 6.45) is 4.31. The molecule has 1 amide bonds. The second-order valence-corrected chi connectivity index (χ2v) is 6.01. The molecule has 8 nitrogen and oxygen atoms in total. The highest BCUT2D eigenvalue weighted by Gasteiger charge is 2.17. The molecule has 0 saturated heterocycles. The topological polar surface area (TPSA) is 108 Å². The van der Waals surface area contributed by atoms with Crippen molar-refractivity contribution in [1.29, 1.82) is 0 Å². The average molecular weight is 417 g/mol. The number of nitro benzene ring substituents is 1. The van der Waals surface area contributed by atoms with E-state index in [0.29, 0.717) is 12.4 Å². The van der Waals surface area contributed by atoms with Gasteiger partial charge >= 0.3 is 5.97 Å². The van der Waals surface area contributed by atoms with Crippen LogP contribution >= 0.6 is 11.6 Å². The molecule has 150 valence electrons. The van der Waals surface area contributed by atoms with Gasteiger partial charge in [-0.15, -0.1) is 0 Å². The van der Waals surface area contributed by atoms with E-state index in [9.17, 15) is 19.7 Å². The molecular formula is C20H17ClN2O6. The fraction of sp³-hybridized carbons (Fsp3) is 0.100. The summed E-state index contributed by atoms with van der Waals surface area (Å²) in [5.41, 5.74) is 0.321. The third-order valence-corrected chi connectivity index (χ3v) is 3.67. The Morgan fingerprint density at radius 1 is 1.21 bits per heavy atom. The second kappa shape index (κ2) is 10.6. The van der Waals surface area contributed by atoms with Crippen molar-refractivity contribution in [1.82, 2.24) is 0 Å². The van der Waals surface area contributed by atoms with E-state index < -0.39 is 23.4 Å². The van der Waals surface area contributed by atoms with Crippen LogP contribution in [0.2, 0.25) is 5.02 Å². The lowest BCUT2D eigenvalue weighted by molar-refractivity contribution is -0.383. The summed E-state index contributed by atoms with van der Waals surface area (Å²) < 4.78 is 10.2. The highest BCUT2D eigenvalue weighted by atomic mass is 35.5. The van der Waals surface area contributed by atoms with E-state index in [4.69, 9.17) is 21.1 Å². The molecule has 0 spiro atoms. The van der Waals surface area contributed by atoms with Crippen LogP contribution < -0.4 is 10.1 Å². The van der Waals surface area contributed by atoms with Crippen LogP contribution in [0.15, 0.2) is 61.2 Å². The number of nitro groups is 1. The third-order valence-electron chi connectivity index (χ3n) is 3.44. The van der Waals surface area contributed by atoms with Crippen LogP contribution in [0.1, 0.15) is 5.56 Å². The van der Waals surface area contributed by atoms with E-state index in [0.717, 1.165) is 17.7 Å². The molecular weight excluding hydrogens is 400 g/mol. The molecule has 0 heterocycles. The Kier molecular flexibility index (Phi) is 7.93. The molecule has 29 heavy (non-hydrogen) atoms. The van der Waals surface area contributed by atoms with Crippen LogP contribution in [0.3, 0.4) is 0 Å². The van der Waals surface area contributed by atoms with E-state index >= 15 is 0 Å². The van der Waals surface area contributed by atoms with E-state index in [2.05, 4.69) is 11.9 Å². The molecule has 0 unspecified atom stereocenters. The standard InChI is InChI=1S/C20H17ClN2O6/c1-2-11-28-16-7-3-14(4-8-16)5-10-20(25)29-13-19(24)22-17-9-6-15(21)12-18(17)23(26)27/h2-10,12H,1,11,13H2,(H,22,24). The Labute approximate surface area is 171 Å². The minimum Gasteiger partial charge on any atom is -0.490 e. The van der Waals surface area contributed by atoms with Crippen molar-refractivity contribution < 1.29 is 24.0 Å². The van der Waals surface area contributed by atoms with Gasteiger partial charge in [-0.3, -0.25) is 14.9 Å². The Hall–Kier alpha value is -3.65. The van der Waals surface area contributed by atoms with Crippen molar-refractivity contribution in [3.63, 3.8) is 0 Å². The van der Waals surface area contributed by atoms with E-state index in [-0.39, 0.29) is 16.4 Å². The quantitative estimate of drug-likeness (QED) is 0.217. The maximum absolute atomic E-state index is 11.9. The number of rotatable bonds is 9. The van der Waals surface area contributed by atoms with Gasteiger partial charge in [-0.2, -0.15) is 0 Å². The van der Waals surface area contributed by atoms with Crippen molar-refractivity contribution in [3.05, 3.63) is 81.9 Å². The molecule has 2 aromatic rings. The zero-order chi connectivity index (χ0) is 21.2. The van der Waals surface area contributed by atoms with Gasteiger partial charge in [0, 0.05) is 17.2 Å². The molecule has 1 N–H and O–H groups in total. The number of hydrogen-bond acceptors (Lipinski definition) is 6. The van der Waals surface area contributed by atoms with Crippen molar-refractivity contribution in [3.8, 4) is 5.75 Å². The van der Waals surface area contributed by atoms with Gasteiger partial charge in [0.25, 0.3) is 11.6 Å². The maximum atomic E-state index is 11.9. The molecule has 0 radical (unpaired) electrons. The van der Waals surface area contributed by atoms with E-state index in [1.54, 1.807) is 30.3 Å². The third kappa shape index (κ3) is 7.11. The van der Waals surface area contributed by atoms with Gasteiger partial charge < -0.3 is 14.8 Å².